The molecular formula is C18H24N4O4S. The van der Waals surface area contributed by atoms with Crippen molar-refractivity contribution in [2.75, 3.05) is 30.3 Å². The van der Waals surface area contributed by atoms with Crippen LogP contribution in [0.3, 0.4) is 0 Å². The Morgan fingerprint density at radius 3 is 2.52 bits per heavy atom. The average molecular weight is 392 g/mol. The van der Waals surface area contributed by atoms with Gasteiger partial charge in [-0.25, -0.2) is 8.42 Å². The van der Waals surface area contributed by atoms with E-state index < -0.39 is 10.0 Å². The number of aryl methyl sites for hydroxylation is 2. The van der Waals surface area contributed by atoms with Crippen molar-refractivity contribution in [1.82, 2.24) is 10.2 Å². The van der Waals surface area contributed by atoms with Crippen LogP contribution in [0.15, 0.2) is 29.2 Å². The molecule has 27 heavy (non-hydrogen) atoms. The van der Waals surface area contributed by atoms with Gasteiger partial charge in [0.25, 0.3) is 10.0 Å². The maximum atomic E-state index is 12.7. The maximum absolute atomic E-state index is 12.7. The summed E-state index contributed by atoms with van der Waals surface area (Å²) in [5.41, 5.74) is 1.81. The summed E-state index contributed by atoms with van der Waals surface area (Å²) in [5, 5.41) is 11.1. The van der Waals surface area contributed by atoms with Crippen LogP contribution < -0.4 is 14.8 Å². The standard InChI is InChI=1S/C18H24N4O4S/c1-12-9-15(25-3)16(10-13(12)2)27(23,24)22-18-7-6-17(20-21-18)19-11-14-5-4-8-26-14/h6-7,9-10,14H,4-5,8,11H2,1-3H3,(H,19,20)(H,21,22). The number of methoxy groups -OCH3 is 1. The van der Waals surface area contributed by atoms with Crippen LogP contribution in [0.2, 0.25) is 0 Å². The molecular weight excluding hydrogens is 368 g/mol. The zero-order valence-corrected chi connectivity index (χ0v) is 16.5. The molecule has 146 valence electrons. The lowest BCUT2D eigenvalue weighted by Gasteiger charge is -2.14. The highest BCUT2D eigenvalue weighted by Gasteiger charge is 2.21. The van der Waals surface area contributed by atoms with Gasteiger partial charge in [-0.15, -0.1) is 10.2 Å². The molecule has 2 N–H and O–H groups in total. The highest BCUT2D eigenvalue weighted by molar-refractivity contribution is 7.92. The van der Waals surface area contributed by atoms with Crippen LogP contribution in [0.25, 0.3) is 0 Å². The lowest BCUT2D eigenvalue weighted by Crippen LogP contribution is -2.19. The Morgan fingerprint density at radius 2 is 1.89 bits per heavy atom. The summed E-state index contributed by atoms with van der Waals surface area (Å²) in [6, 6.07) is 6.53. The van der Waals surface area contributed by atoms with E-state index in [1.54, 1.807) is 24.3 Å². The second kappa shape index (κ2) is 8.10. The van der Waals surface area contributed by atoms with E-state index in [1.165, 1.54) is 7.11 Å². The first-order chi connectivity index (χ1) is 12.9. The van der Waals surface area contributed by atoms with Crippen molar-refractivity contribution in [2.45, 2.75) is 37.7 Å². The molecule has 1 fully saturated rings. The topological polar surface area (TPSA) is 102 Å². The van der Waals surface area contributed by atoms with Gasteiger partial charge in [-0.2, -0.15) is 0 Å². The first kappa shape index (κ1) is 19.4. The Kier molecular flexibility index (Phi) is 5.81. The van der Waals surface area contributed by atoms with E-state index in [9.17, 15) is 8.42 Å². The second-order valence-electron chi connectivity index (χ2n) is 6.51. The predicted octanol–water partition coefficient (Wildman–Crippen LogP) is 2.49. The maximum Gasteiger partial charge on any atom is 0.266 e. The minimum atomic E-state index is -3.85. The largest absolute Gasteiger partial charge is 0.495 e. The minimum absolute atomic E-state index is 0.0653. The van der Waals surface area contributed by atoms with Gasteiger partial charge in [0, 0.05) is 13.2 Å². The number of rotatable bonds is 7. The first-order valence-corrected chi connectivity index (χ1v) is 10.2. The first-order valence-electron chi connectivity index (χ1n) is 8.76. The summed E-state index contributed by atoms with van der Waals surface area (Å²) in [5.74, 6) is 0.989. The van der Waals surface area contributed by atoms with E-state index in [-0.39, 0.29) is 22.6 Å². The molecule has 0 bridgehead atoms. The molecule has 1 unspecified atom stereocenters. The van der Waals surface area contributed by atoms with Gasteiger partial charge in [-0.3, -0.25) is 4.72 Å². The summed E-state index contributed by atoms with van der Waals surface area (Å²) in [4.78, 5) is 0.0653. The SMILES string of the molecule is COc1cc(C)c(C)cc1S(=O)(=O)Nc1ccc(NCC2CCCO2)nn1. The predicted molar refractivity (Wildman–Crippen MR) is 103 cm³/mol. The molecule has 1 aromatic heterocycles. The Balaban J connectivity index is 1.71. The molecule has 8 nitrogen and oxygen atoms in total. The van der Waals surface area contributed by atoms with Crippen molar-refractivity contribution in [3.05, 3.63) is 35.4 Å². The van der Waals surface area contributed by atoms with Crippen LogP contribution in [-0.2, 0) is 14.8 Å². The van der Waals surface area contributed by atoms with Crippen molar-refractivity contribution in [3.63, 3.8) is 0 Å². The summed E-state index contributed by atoms with van der Waals surface area (Å²) >= 11 is 0. The number of hydrogen-bond acceptors (Lipinski definition) is 7. The summed E-state index contributed by atoms with van der Waals surface area (Å²) in [6.45, 7) is 5.19. The lowest BCUT2D eigenvalue weighted by atomic mass is 10.1. The molecule has 0 aliphatic carbocycles. The Hall–Kier alpha value is -2.39. The third-order valence-electron chi connectivity index (χ3n) is 4.51. The van der Waals surface area contributed by atoms with Gasteiger partial charge in [0.15, 0.2) is 5.82 Å². The van der Waals surface area contributed by atoms with Crippen LogP contribution >= 0.6 is 0 Å². The number of ether oxygens (including phenoxy) is 2. The quantitative estimate of drug-likeness (QED) is 0.746. The number of hydrogen-bond donors (Lipinski definition) is 2. The number of benzene rings is 1. The van der Waals surface area contributed by atoms with Gasteiger partial charge in [-0.05, 0) is 62.1 Å². The number of nitrogens with zero attached hydrogens (tertiary/aromatic N) is 2. The van der Waals surface area contributed by atoms with Gasteiger partial charge >= 0.3 is 0 Å². The van der Waals surface area contributed by atoms with Gasteiger partial charge in [0.05, 0.1) is 13.2 Å². The van der Waals surface area contributed by atoms with Crippen molar-refractivity contribution in [3.8, 4) is 5.75 Å². The fourth-order valence-electron chi connectivity index (χ4n) is 2.83. The van der Waals surface area contributed by atoms with Crippen LogP contribution in [0.1, 0.15) is 24.0 Å². The summed E-state index contributed by atoms with van der Waals surface area (Å²) in [7, 11) is -2.41. The zero-order valence-electron chi connectivity index (χ0n) is 15.7. The molecule has 1 aliphatic rings. The van der Waals surface area contributed by atoms with Crippen LogP contribution in [-0.4, -0.2) is 45.0 Å². The molecule has 0 spiro atoms. The van der Waals surface area contributed by atoms with Gasteiger partial charge in [0.2, 0.25) is 0 Å². The third kappa shape index (κ3) is 4.67. The molecule has 9 heteroatoms. The van der Waals surface area contributed by atoms with Crippen molar-refractivity contribution >= 4 is 21.7 Å². The third-order valence-corrected chi connectivity index (χ3v) is 5.88. The summed E-state index contributed by atoms with van der Waals surface area (Å²) < 4.78 is 38.7. The van der Waals surface area contributed by atoms with E-state index >= 15 is 0 Å². The number of sulfonamides is 1. The molecule has 2 aromatic rings. The number of nitrogens with one attached hydrogen (secondary N) is 2. The monoisotopic (exact) mass is 392 g/mol. The van der Waals surface area contributed by atoms with Gasteiger partial charge in [0.1, 0.15) is 16.5 Å². The molecule has 1 aromatic carbocycles. The lowest BCUT2D eigenvalue weighted by molar-refractivity contribution is 0.120. The van der Waals surface area contributed by atoms with Crippen molar-refractivity contribution in [1.29, 1.82) is 0 Å². The zero-order chi connectivity index (χ0) is 19.4. The average Bonchev–Trinajstić information content (AvgIpc) is 3.16. The van der Waals surface area contributed by atoms with Gasteiger partial charge < -0.3 is 14.8 Å². The number of anilines is 2. The second-order valence-corrected chi connectivity index (χ2v) is 8.16. The van der Waals surface area contributed by atoms with E-state index in [1.807, 2.05) is 13.8 Å². The smallest absolute Gasteiger partial charge is 0.266 e. The Labute approximate surface area is 159 Å². The molecule has 3 rings (SSSR count). The molecule has 1 saturated heterocycles. The van der Waals surface area contributed by atoms with Crippen molar-refractivity contribution in [2.24, 2.45) is 0 Å². The summed E-state index contributed by atoms with van der Waals surface area (Å²) in [6.07, 6.45) is 2.28. The van der Waals surface area contributed by atoms with Crippen molar-refractivity contribution < 1.29 is 17.9 Å². The molecule has 0 radical (unpaired) electrons. The highest BCUT2D eigenvalue weighted by atomic mass is 32.2. The highest BCUT2D eigenvalue weighted by Crippen LogP contribution is 2.28. The van der Waals surface area contributed by atoms with Crippen LogP contribution in [0.4, 0.5) is 11.6 Å². The van der Waals surface area contributed by atoms with E-state index in [2.05, 4.69) is 20.2 Å². The van der Waals surface area contributed by atoms with E-state index in [4.69, 9.17) is 9.47 Å². The normalized spacial score (nSPS) is 16.9. The molecule has 0 saturated carbocycles. The Bertz CT molecular complexity index is 894. The van der Waals surface area contributed by atoms with Crippen LogP contribution in [0, 0.1) is 13.8 Å². The molecule has 0 amide bonds. The molecule has 2 heterocycles. The fraction of sp³-hybridized carbons (Fsp3) is 0.444. The van der Waals surface area contributed by atoms with E-state index in [0.29, 0.717) is 12.4 Å². The fourth-order valence-corrected chi connectivity index (χ4v) is 4.06. The number of aromatic nitrogens is 2. The molecule has 1 atom stereocenters. The van der Waals surface area contributed by atoms with E-state index in [0.717, 1.165) is 30.6 Å². The molecule has 1 aliphatic heterocycles. The minimum Gasteiger partial charge on any atom is -0.495 e. The van der Waals surface area contributed by atoms with Crippen LogP contribution in [0.5, 0.6) is 5.75 Å². The Morgan fingerprint density at radius 1 is 1.19 bits per heavy atom. The van der Waals surface area contributed by atoms with Gasteiger partial charge in [-0.1, -0.05) is 0 Å².